The highest BCUT2D eigenvalue weighted by molar-refractivity contribution is 6.18. The van der Waals surface area contributed by atoms with E-state index in [1.807, 2.05) is 0 Å². The molecular weight excluding hydrogens is 697 g/mol. The van der Waals surface area contributed by atoms with Crippen molar-refractivity contribution < 1.29 is 0 Å². The Kier molecular flexibility index (Phi) is 6.89. The summed E-state index contributed by atoms with van der Waals surface area (Å²) in [6, 6.07) is 68.9. The number of amidine groups is 1. The van der Waals surface area contributed by atoms with Crippen molar-refractivity contribution >= 4 is 77.2 Å². The first-order valence-corrected chi connectivity index (χ1v) is 19.4. The minimum Gasteiger partial charge on any atom is -0.330 e. The van der Waals surface area contributed by atoms with E-state index in [9.17, 15) is 0 Å². The number of nitrogens with zero attached hydrogens (tertiary/aromatic N) is 5. The minimum absolute atomic E-state index is 0.477. The monoisotopic (exact) mass is 730 g/mol. The summed E-state index contributed by atoms with van der Waals surface area (Å²) in [5.41, 5.74) is 10.8. The van der Waals surface area contributed by atoms with Gasteiger partial charge in [-0.25, -0.2) is 4.99 Å². The zero-order valence-electron chi connectivity index (χ0n) is 30.8. The molecule has 6 nitrogen and oxygen atoms in total. The van der Waals surface area contributed by atoms with Gasteiger partial charge in [-0.15, -0.1) is 0 Å². The Morgan fingerprint density at radius 1 is 0.351 bits per heavy atom. The molecule has 0 saturated carbocycles. The lowest BCUT2D eigenvalue weighted by Gasteiger charge is -2.27. The molecule has 1 unspecified atom stereocenters. The van der Waals surface area contributed by atoms with Crippen molar-refractivity contribution in [3.8, 4) is 11.4 Å². The lowest BCUT2D eigenvalue weighted by atomic mass is 10.1. The van der Waals surface area contributed by atoms with Gasteiger partial charge < -0.3 is 14.5 Å². The standard InChI is InChI=1S/C51H34N6/c1-9-25-41-33(17-1)34-18-2-10-26-42(34)55(41)47-31-15-7-23-39(47)49-52-50(54-51(53-49)57-45-29-13-5-21-37(45)38-22-6-14-30-46(38)57)40-24-8-16-32-48(40)56-43-27-11-3-19-35(43)36-20-4-12-28-44(36)56/h1-32,49H,(H,52,53,54). The van der Waals surface area contributed by atoms with Gasteiger partial charge in [0.1, 0.15) is 0 Å². The average Bonchev–Trinajstić information content (AvgIpc) is 3.92. The second kappa shape index (κ2) is 12.4. The van der Waals surface area contributed by atoms with Gasteiger partial charge in [-0.2, -0.15) is 4.99 Å². The highest BCUT2D eigenvalue weighted by atomic mass is 15.3. The number of hydrogen-bond acceptors (Lipinski definition) is 3. The molecule has 1 aliphatic rings. The van der Waals surface area contributed by atoms with Crippen LogP contribution in [0.2, 0.25) is 0 Å². The number of nitrogens with one attached hydrogen (secondary N) is 1. The van der Waals surface area contributed by atoms with Crippen LogP contribution >= 0.6 is 0 Å². The average molecular weight is 731 g/mol. The van der Waals surface area contributed by atoms with Crippen molar-refractivity contribution in [1.29, 1.82) is 0 Å². The number of fused-ring (bicyclic) bond motifs is 9. The predicted molar refractivity (Wildman–Crippen MR) is 236 cm³/mol. The van der Waals surface area contributed by atoms with E-state index in [-0.39, 0.29) is 0 Å². The largest absolute Gasteiger partial charge is 0.330 e. The smallest absolute Gasteiger partial charge is 0.211 e. The zero-order chi connectivity index (χ0) is 37.5. The Balaban J connectivity index is 1.13. The molecule has 8 aromatic carbocycles. The molecule has 268 valence electrons. The number of benzene rings is 8. The topological polar surface area (TPSA) is 51.5 Å². The van der Waals surface area contributed by atoms with Gasteiger partial charge in [0.15, 0.2) is 12.0 Å². The quantitative estimate of drug-likeness (QED) is 0.193. The van der Waals surface area contributed by atoms with Crippen LogP contribution < -0.4 is 5.32 Å². The molecule has 11 aromatic rings. The molecule has 6 heteroatoms. The van der Waals surface area contributed by atoms with Gasteiger partial charge in [-0.1, -0.05) is 140 Å². The van der Waals surface area contributed by atoms with Crippen molar-refractivity contribution in [2.45, 2.75) is 6.17 Å². The predicted octanol–water partition coefficient (Wildman–Crippen LogP) is 11.9. The van der Waals surface area contributed by atoms with Gasteiger partial charge >= 0.3 is 0 Å². The molecule has 4 heterocycles. The molecule has 0 saturated heterocycles. The molecule has 0 amide bonds. The normalized spacial score (nSPS) is 14.5. The number of rotatable bonds is 4. The summed E-state index contributed by atoms with van der Waals surface area (Å²) in [7, 11) is 0. The summed E-state index contributed by atoms with van der Waals surface area (Å²) in [6.07, 6.45) is -0.477. The van der Waals surface area contributed by atoms with E-state index in [4.69, 9.17) is 9.98 Å². The van der Waals surface area contributed by atoms with Crippen molar-refractivity contribution in [3.05, 3.63) is 205 Å². The number of hydrogen-bond donors (Lipinski definition) is 1. The fourth-order valence-electron chi connectivity index (χ4n) is 9.12. The van der Waals surface area contributed by atoms with Crippen LogP contribution in [0.25, 0.3) is 76.8 Å². The van der Waals surface area contributed by atoms with Crippen molar-refractivity contribution in [2.24, 2.45) is 9.98 Å². The van der Waals surface area contributed by atoms with Crippen LogP contribution in [-0.2, 0) is 0 Å². The van der Waals surface area contributed by atoms with Crippen LogP contribution in [-0.4, -0.2) is 25.5 Å². The molecule has 0 bridgehead atoms. The number of aliphatic imine (C=N–C) groups is 2. The van der Waals surface area contributed by atoms with Crippen LogP contribution in [0.3, 0.4) is 0 Å². The van der Waals surface area contributed by atoms with E-state index in [0.29, 0.717) is 5.84 Å². The van der Waals surface area contributed by atoms with Crippen LogP contribution in [0.4, 0.5) is 0 Å². The molecule has 0 aliphatic carbocycles. The Hall–Kier alpha value is -7.70. The fraction of sp³-hybridized carbons (Fsp3) is 0.0196. The summed E-state index contributed by atoms with van der Waals surface area (Å²) in [5, 5.41) is 11.1. The lowest BCUT2D eigenvalue weighted by Crippen LogP contribution is -2.38. The van der Waals surface area contributed by atoms with E-state index in [2.05, 4.69) is 213 Å². The molecule has 0 spiro atoms. The van der Waals surface area contributed by atoms with Crippen LogP contribution in [0.5, 0.6) is 0 Å². The SMILES string of the molecule is c1ccc(-n2c3ccccc3c3ccccc32)c(C2=NC(c3ccccc3-n3c4ccccc4c4ccccc43)NC(n3c4ccccc4c4ccccc43)=N2)c1. The van der Waals surface area contributed by atoms with E-state index < -0.39 is 6.17 Å². The second-order valence-electron chi connectivity index (χ2n) is 14.6. The Bertz CT molecular complexity index is 3310. The summed E-state index contributed by atoms with van der Waals surface area (Å²) in [4.78, 5) is 11.1. The number of aromatic nitrogens is 3. The number of para-hydroxylation sites is 8. The Morgan fingerprint density at radius 2 is 0.702 bits per heavy atom. The van der Waals surface area contributed by atoms with Gasteiger partial charge in [0, 0.05) is 43.4 Å². The van der Waals surface area contributed by atoms with Gasteiger partial charge in [0.2, 0.25) is 5.96 Å². The molecular formula is C51H34N6. The van der Waals surface area contributed by atoms with E-state index >= 15 is 0 Å². The van der Waals surface area contributed by atoms with Crippen molar-refractivity contribution in [1.82, 2.24) is 19.0 Å². The highest BCUT2D eigenvalue weighted by Crippen LogP contribution is 2.38. The third-order valence-electron chi connectivity index (χ3n) is 11.5. The van der Waals surface area contributed by atoms with E-state index in [1.54, 1.807) is 0 Å². The maximum Gasteiger partial charge on any atom is 0.211 e. The highest BCUT2D eigenvalue weighted by Gasteiger charge is 2.28. The molecule has 0 fully saturated rings. The van der Waals surface area contributed by atoms with Gasteiger partial charge in [0.25, 0.3) is 0 Å². The third kappa shape index (κ3) is 4.71. The zero-order valence-corrected chi connectivity index (χ0v) is 30.8. The third-order valence-corrected chi connectivity index (χ3v) is 11.5. The maximum absolute atomic E-state index is 5.58. The van der Waals surface area contributed by atoms with Gasteiger partial charge in [0.05, 0.1) is 44.5 Å². The Morgan fingerprint density at radius 3 is 1.18 bits per heavy atom. The van der Waals surface area contributed by atoms with Crippen LogP contribution in [0.1, 0.15) is 17.3 Å². The fourth-order valence-corrected chi connectivity index (χ4v) is 9.12. The van der Waals surface area contributed by atoms with Crippen LogP contribution in [0, 0.1) is 0 Å². The van der Waals surface area contributed by atoms with Crippen molar-refractivity contribution in [2.75, 3.05) is 0 Å². The minimum atomic E-state index is -0.477. The molecule has 12 rings (SSSR count). The second-order valence-corrected chi connectivity index (χ2v) is 14.6. The first kappa shape index (κ1) is 31.6. The van der Waals surface area contributed by atoms with Gasteiger partial charge in [-0.05, 0) is 54.6 Å². The Labute approximate surface area is 327 Å². The summed E-state index contributed by atoms with van der Waals surface area (Å²) in [5.74, 6) is 1.38. The first-order valence-electron chi connectivity index (χ1n) is 19.4. The molecule has 1 atom stereocenters. The summed E-state index contributed by atoms with van der Waals surface area (Å²) < 4.78 is 7.01. The molecule has 3 aromatic heterocycles. The summed E-state index contributed by atoms with van der Waals surface area (Å²) >= 11 is 0. The van der Waals surface area contributed by atoms with E-state index in [1.165, 1.54) is 32.3 Å². The van der Waals surface area contributed by atoms with Gasteiger partial charge in [-0.3, -0.25) is 4.57 Å². The lowest BCUT2D eigenvalue weighted by molar-refractivity contribution is 0.658. The molecule has 1 N–H and O–H groups in total. The maximum atomic E-state index is 5.58. The first-order chi connectivity index (χ1) is 28.3. The van der Waals surface area contributed by atoms with Crippen molar-refractivity contribution in [3.63, 3.8) is 0 Å². The molecule has 57 heavy (non-hydrogen) atoms. The van der Waals surface area contributed by atoms with Crippen LogP contribution in [0.15, 0.2) is 204 Å². The summed E-state index contributed by atoms with van der Waals surface area (Å²) in [6.45, 7) is 0. The molecule has 1 aliphatic heterocycles. The molecule has 0 radical (unpaired) electrons. The van der Waals surface area contributed by atoms with E-state index in [0.717, 1.165) is 61.6 Å².